The molecule has 0 radical (unpaired) electrons. The van der Waals surface area contributed by atoms with Crippen LogP contribution in [0.4, 0.5) is 0 Å². The van der Waals surface area contributed by atoms with Crippen LogP contribution in [-0.2, 0) is 14.3 Å². The first-order chi connectivity index (χ1) is 11.2. The molecule has 0 N–H and O–H groups in total. The molecule has 0 unspecified atom stereocenters. The number of esters is 1. The van der Waals surface area contributed by atoms with Crippen LogP contribution >= 0.6 is 0 Å². The van der Waals surface area contributed by atoms with Crippen molar-refractivity contribution in [1.82, 2.24) is 0 Å². The van der Waals surface area contributed by atoms with Crippen molar-refractivity contribution >= 4 is 5.97 Å². The van der Waals surface area contributed by atoms with Crippen LogP contribution in [0.25, 0.3) is 0 Å². The Morgan fingerprint density at radius 1 is 1.21 bits per heavy atom. The minimum absolute atomic E-state index is 0.0532. The van der Waals surface area contributed by atoms with Gasteiger partial charge in [-0.1, -0.05) is 12.5 Å². The van der Waals surface area contributed by atoms with Crippen molar-refractivity contribution in [2.24, 2.45) is 23.2 Å². The molecule has 0 spiro atoms. The summed E-state index contributed by atoms with van der Waals surface area (Å²) in [5, 5.41) is 0. The van der Waals surface area contributed by atoms with Crippen LogP contribution < -0.4 is 0 Å². The summed E-state index contributed by atoms with van der Waals surface area (Å²) in [6.45, 7) is 9.02. The van der Waals surface area contributed by atoms with Gasteiger partial charge in [0.15, 0.2) is 0 Å². The summed E-state index contributed by atoms with van der Waals surface area (Å²) < 4.78 is 11.3. The molecular formula is C21H34O3. The third-order valence-corrected chi connectivity index (χ3v) is 6.84. The summed E-state index contributed by atoms with van der Waals surface area (Å²) in [6, 6.07) is 0. The average molecular weight is 335 g/mol. The van der Waals surface area contributed by atoms with E-state index in [-0.39, 0.29) is 11.6 Å². The van der Waals surface area contributed by atoms with E-state index in [1.165, 1.54) is 44.8 Å². The van der Waals surface area contributed by atoms with E-state index in [2.05, 4.69) is 27.7 Å². The van der Waals surface area contributed by atoms with Crippen LogP contribution in [-0.4, -0.2) is 24.8 Å². The molecule has 3 aliphatic rings. The zero-order valence-electron chi connectivity index (χ0n) is 16.1. The van der Waals surface area contributed by atoms with Gasteiger partial charge < -0.3 is 9.47 Å². The van der Waals surface area contributed by atoms with E-state index in [1.54, 1.807) is 6.08 Å². The number of hydrogen-bond acceptors (Lipinski definition) is 3. The Balaban J connectivity index is 1.71. The van der Waals surface area contributed by atoms with Crippen LogP contribution in [0.5, 0.6) is 0 Å². The second kappa shape index (κ2) is 6.48. The third kappa shape index (κ3) is 3.42. The molecular weight excluding hydrogens is 300 g/mol. The third-order valence-electron chi connectivity index (χ3n) is 6.84. The Morgan fingerprint density at radius 3 is 2.62 bits per heavy atom. The molecule has 3 nitrogen and oxygen atoms in total. The van der Waals surface area contributed by atoms with E-state index in [0.29, 0.717) is 11.5 Å². The zero-order chi connectivity index (χ0) is 17.5. The van der Waals surface area contributed by atoms with Crippen LogP contribution in [0.15, 0.2) is 11.6 Å². The van der Waals surface area contributed by atoms with Gasteiger partial charge in [-0.2, -0.15) is 0 Å². The fourth-order valence-corrected chi connectivity index (χ4v) is 5.78. The van der Waals surface area contributed by atoms with Crippen LogP contribution in [0.2, 0.25) is 0 Å². The molecule has 3 saturated carbocycles. The Hall–Kier alpha value is -0.830. The summed E-state index contributed by atoms with van der Waals surface area (Å²) in [7, 11) is 1.46. The van der Waals surface area contributed by atoms with Crippen molar-refractivity contribution in [1.29, 1.82) is 0 Å². The minimum atomic E-state index is -0.191. The number of rotatable bonds is 2. The van der Waals surface area contributed by atoms with E-state index >= 15 is 0 Å². The largest absolute Gasteiger partial charge is 0.466 e. The molecule has 3 rings (SSSR count). The monoisotopic (exact) mass is 334 g/mol. The highest BCUT2D eigenvalue weighted by Crippen LogP contribution is 2.60. The summed E-state index contributed by atoms with van der Waals surface area (Å²) in [5.41, 5.74) is 1.59. The second-order valence-corrected chi connectivity index (χ2v) is 9.44. The van der Waals surface area contributed by atoms with E-state index in [9.17, 15) is 4.79 Å². The van der Waals surface area contributed by atoms with Gasteiger partial charge in [0, 0.05) is 6.08 Å². The van der Waals surface area contributed by atoms with E-state index in [4.69, 9.17) is 9.47 Å². The van der Waals surface area contributed by atoms with Crippen LogP contribution in [0.3, 0.4) is 0 Å². The van der Waals surface area contributed by atoms with Crippen molar-refractivity contribution in [3.63, 3.8) is 0 Å². The molecule has 0 aromatic carbocycles. The van der Waals surface area contributed by atoms with Crippen LogP contribution in [0.1, 0.15) is 72.6 Å². The smallest absolute Gasteiger partial charge is 0.330 e. The van der Waals surface area contributed by atoms with Gasteiger partial charge in [0.25, 0.3) is 0 Å². The second-order valence-electron chi connectivity index (χ2n) is 9.44. The fourth-order valence-electron chi connectivity index (χ4n) is 5.78. The fraction of sp³-hybridized carbons (Fsp3) is 0.857. The number of fused-ring (bicyclic) bond motifs is 3. The summed E-state index contributed by atoms with van der Waals surface area (Å²) in [5.74, 6) is 2.17. The Labute approximate surface area is 147 Å². The maximum Gasteiger partial charge on any atom is 0.330 e. The highest BCUT2D eigenvalue weighted by atomic mass is 16.5. The minimum Gasteiger partial charge on any atom is -0.466 e. The van der Waals surface area contributed by atoms with Gasteiger partial charge in [-0.25, -0.2) is 4.79 Å². The van der Waals surface area contributed by atoms with Gasteiger partial charge in [0.2, 0.25) is 0 Å². The molecule has 5 atom stereocenters. The number of hydrogen-bond donors (Lipinski definition) is 0. The van der Waals surface area contributed by atoms with Crippen molar-refractivity contribution in [2.45, 2.75) is 84.3 Å². The van der Waals surface area contributed by atoms with Gasteiger partial charge in [-0.15, -0.1) is 0 Å². The maximum atomic E-state index is 11.5. The first kappa shape index (κ1) is 18.0. The summed E-state index contributed by atoms with van der Waals surface area (Å²) >= 11 is 0. The van der Waals surface area contributed by atoms with Gasteiger partial charge in [-0.3, -0.25) is 0 Å². The number of methoxy groups -OCH3 is 1. The number of carbonyl (C=O) groups is 1. The van der Waals surface area contributed by atoms with E-state index < -0.39 is 0 Å². The van der Waals surface area contributed by atoms with E-state index in [1.807, 2.05) is 0 Å². The van der Waals surface area contributed by atoms with E-state index in [0.717, 1.165) is 30.6 Å². The lowest BCUT2D eigenvalue weighted by Gasteiger charge is -2.51. The number of carbonyl (C=O) groups excluding carboxylic acids is 1. The molecule has 0 aromatic rings. The number of allylic oxidation sites excluding steroid dienone is 1. The topological polar surface area (TPSA) is 35.5 Å². The predicted molar refractivity (Wildman–Crippen MR) is 95.6 cm³/mol. The van der Waals surface area contributed by atoms with Gasteiger partial charge in [-0.05, 0) is 88.9 Å². The quantitative estimate of drug-likeness (QED) is 0.532. The highest BCUT2D eigenvalue weighted by Gasteiger charge is 2.55. The first-order valence-corrected chi connectivity index (χ1v) is 9.68. The SMILES string of the molecule is COC(=O)/C=C1\CC[C@H]2[C@@H](CC[C@]3(C)[C@@H]2CC[C@H]3OC(C)(C)C)C1. The van der Waals surface area contributed by atoms with Crippen molar-refractivity contribution < 1.29 is 14.3 Å². The molecule has 0 bridgehead atoms. The molecule has 3 aliphatic carbocycles. The predicted octanol–water partition coefficient (Wildman–Crippen LogP) is 4.90. The zero-order valence-corrected chi connectivity index (χ0v) is 16.1. The Bertz CT molecular complexity index is 516. The first-order valence-electron chi connectivity index (χ1n) is 9.68. The van der Waals surface area contributed by atoms with Crippen LogP contribution in [0, 0.1) is 23.2 Å². The Morgan fingerprint density at radius 2 is 1.96 bits per heavy atom. The lowest BCUT2D eigenvalue weighted by atomic mass is 9.56. The van der Waals surface area contributed by atoms with Crippen molar-refractivity contribution in [3.8, 4) is 0 Å². The normalized spacial score (nSPS) is 41.0. The standard InChI is InChI=1S/C21H34O3/c1-20(2,3)24-18-9-8-17-16-7-6-14(13-19(22)23-5)12-15(16)10-11-21(17,18)4/h13,15-18H,6-12H2,1-5H3/b14-13+/t15-,16-,17+,18+,21+/m0/s1. The molecule has 0 amide bonds. The lowest BCUT2D eigenvalue weighted by molar-refractivity contribution is -0.135. The molecule has 0 aromatic heterocycles. The molecule has 3 fully saturated rings. The average Bonchev–Trinajstić information content (AvgIpc) is 2.82. The Kier molecular flexibility index (Phi) is 4.85. The molecule has 3 heteroatoms. The van der Waals surface area contributed by atoms with Crippen molar-refractivity contribution in [2.75, 3.05) is 7.11 Å². The lowest BCUT2D eigenvalue weighted by Crippen LogP contribution is -2.46. The maximum absolute atomic E-state index is 11.5. The number of ether oxygens (including phenoxy) is 2. The molecule has 0 heterocycles. The molecule has 0 saturated heterocycles. The van der Waals surface area contributed by atoms with Gasteiger partial charge in [0.1, 0.15) is 0 Å². The van der Waals surface area contributed by atoms with Crippen molar-refractivity contribution in [3.05, 3.63) is 11.6 Å². The summed E-state index contributed by atoms with van der Waals surface area (Å²) in [6.07, 6.45) is 10.6. The van der Waals surface area contributed by atoms with Gasteiger partial charge in [0.05, 0.1) is 18.8 Å². The molecule has 136 valence electrons. The molecule has 0 aliphatic heterocycles. The highest BCUT2D eigenvalue weighted by molar-refractivity contribution is 5.82. The molecule has 24 heavy (non-hydrogen) atoms. The van der Waals surface area contributed by atoms with Gasteiger partial charge >= 0.3 is 5.97 Å². The summed E-state index contributed by atoms with van der Waals surface area (Å²) in [4.78, 5) is 11.5.